The second kappa shape index (κ2) is 7.48. The van der Waals surface area contributed by atoms with Crippen molar-refractivity contribution in [3.63, 3.8) is 0 Å². The number of hydrogen-bond acceptors (Lipinski definition) is 1. The van der Waals surface area contributed by atoms with Gasteiger partial charge in [-0.05, 0) is 51.8 Å². The van der Waals surface area contributed by atoms with E-state index in [1.807, 2.05) is 20.8 Å². The Bertz CT molecular complexity index is 477. The van der Waals surface area contributed by atoms with Crippen LogP contribution in [0.3, 0.4) is 0 Å². The van der Waals surface area contributed by atoms with Gasteiger partial charge in [0.05, 0.1) is 15.7 Å². The van der Waals surface area contributed by atoms with Crippen molar-refractivity contribution in [2.24, 2.45) is 0 Å². The summed E-state index contributed by atoms with van der Waals surface area (Å²) in [5.41, 5.74) is 0.188. The lowest BCUT2D eigenvalue weighted by Gasteiger charge is -2.24. The molecule has 0 radical (unpaired) electrons. The molecule has 0 aromatic heterocycles. The summed E-state index contributed by atoms with van der Waals surface area (Å²) in [5, 5.41) is 0. The van der Waals surface area contributed by atoms with Crippen LogP contribution >= 0.6 is 11.6 Å². The molecule has 2 nitrogen and oxygen atoms in total. The smallest absolute Gasteiger partial charge is 0.128 e. The molecule has 0 heterocycles. The number of halogens is 3. The second-order valence-electron chi connectivity index (χ2n) is 5.55. The van der Waals surface area contributed by atoms with Crippen molar-refractivity contribution >= 4 is 22.6 Å². The van der Waals surface area contributed by atoms with Crippen molar-refractivity contribution in [1.82, 2.24) is 4.72 Å². The Morgan fingerprint density at radius 3 is 2.55 bits per heavy atom. The summed E-state index contributed by atoms with van der Waals surface area (Å²) >= 11 is 5.66. The van der Waals surface area contributed by atoms with Crippen molar-refractivity contribution in [1.29, 1.82) is 0 Å². The first kappa shape index (κ1) is 17.5. The van der Waals surface area contributed by atoms with Gasteiger partial charge in [-0.1, -0.05) is 0 Å². The van der Waals surface area contributed by atoms with Crippen molar-refractivity contribution in [2.45, 2.75) is 44.4 Å². The molecule has 1 N–H and O–H groups in total. The Hall–Kier alpha value is -0.520. The number of nitrogens with one attached hydrogen (secondary N) is 1. The summed E-state index contributed by atoms with van der Waals surface area (Å²) in [7, 11) is -1.37. The summed E-state index contributed by atoms with van der Waals surface area (Å²) in [6.07, 6.45) is 1.11. The van der Waals surface area contributed by atoms with Gasteiger partial charge in [0.1, 0.15) is 11.6 Å². The SMILES string of the molecule is CC(C)(C)[S@](=O)NC(CCCCl)c1cc(F)ccc1F. The second-order valence-corrected chi connectivity index (χ2v) is 7.92. The van der Waals surface area contributed by atoms with E-state index in [1.54, 1.807) is 0 Å². The topological polar surface area (TPSA) is 29.1 Å². The molecule has 114 valence electrons. The molecule has 0 bridgehead atoms. The zero-order chi connectivity index (χ0) is 15.3. The zero-order valence-corrected chi connectivity index (χ0v) is 13.5. The average Bonchev–Trinajstić information content (AvgIpc) is 2.36. The zero-order valence-electron chi connectivity index (χ0n) is 11.9. The molecule has 1 aromatic rings. The first-order valence-electron chi connectivity index (χ1n) is 6.44. The third kappa shape index (κ3) is 5.11. The molecule has 6 heteroatoms. The fourth-order valence-electron chi connectivity index (χ4n) is 1.65. The van der Waals surface area contributed by atoms with Gasteiger partial charge in [0.2, 0.25) is 0 Å². The quantitative estimate of drug-likeness (QED) is 0.785. The third-order valence-corrected chi connectivity index (χ3v) is 4.64. The molecule has 0 amide bonds. The van der Waals surface area contributed by atoms with Gasteiger partial charge in [-0.15, -0.1) is 11.6 Å². The van der Waals surface area contributed by atoms with E-state index in [2.05, 4.69) is 4.72 Å². The van der Waals surface area contributed by atoms with Crippen LogP contribution < -0.4 is 4.72 Å². The van der Waals surface area contributed by atoms with E-state index in [0.29, 0.717) is 18.7 Å². The Kier molecular flexibility index (Phi) is 6.55. The Morgan fingerprint density at radius 2 is 2.00 bits per heavy atom. The van der Waals surface area contributed by atoms with E-state index in [9.17, 15) is 13.0 Å². The van der Waals surface area contributed by atoms with Gasteiger partial charge in [-0.25, -0.2) is 17.7 Å². The molecule has 20 heavy (non-hydrogen) atoms. The molecule has 2 atom stereocenters. The van der Waals surface area contributed by atoms with E-state index in [-0.39, 0.29) is 5.56 Å². The Labute approximate surface area is 126 Å². The van der Waals surface area contributed by atoms with Crippen LogP contribution in [0.5, 0.6) is 0 Å². The number of rotatable bonds is 6. The summed E-state index contributed by atoms with van der Waals surface area (Å²) in [4.78, 5) is 0. The molecule has 0 aliphatic rings. The van der Waals surface area contributed by atoms with Gasteiger partial charge >= 0.3 is 0 Å². The van der Waals surface area contributed by atoms with E-state index >= 15 is 0 Å². The molecule has 0 saturated carbocycles. The minimum atomic E-state index is -1.37. The molecule has 1 aromatic carbocycles. The van der Waals surface area contributed by atoms with Gasteiger partial charge < -0.3 is 0 Å². The summed E-state index contributed by atoms with van der Waals surface area (Å²) in [5.74, 6) is -0.609. The maximum Gasteiger partial charge on any atom is 0.128 e. The Balaban J connectivity index is 2.99. The van der Waals surface area contributed by atoms with E-state index in [4.69, 9.17) is 11.6 Å². The highest BCUT2D eigenvalue weighted by Gasteiger charge is 2.25. The highest BCUT2D eigenvalue weighted by atomic mass is 35.5. The van der Waals surface area contributed by atoms with Gasteiger partial charge in [-0.3, -0.25) is 0 Å². The average molecular weight is 324 g/mol. The maximum atomic E-state index is 13.9. The summed E-state index contributed by atoms with van der Waals surface area (Å²) < 4.78 is 41.7. The minimum absolute atomic E-state index is 0.188. The van der Waals surface area contributed by atoms with E-state index in [0.717, 1.165) is 18.2 Å². The number of alkyl halides is 1. The first-order valence-corrected chi connectivity index (χ1v) is 8.13. The van der Waals surface area contributed by atoms with Crippen LogP contribution in [0.1, 0.15) is 45.2 Å². The lowest BCUT2D eigenvalue weighted by molar-refractivity contribution is 0.518. The molecule has 0 aliphatic carbocycles. The van der Waals surface area contributed by atoms with Gasteiger partial charge in [0, 0.05) is 17.5 Å². The predicted molar refractivity (Wildman–Crippen MR) is 80.1 cm³/mol. The van der Waals surface area contributed by atoms with Crippen molar-refractivity contribution in [3.05, 3.63) is 35.4 Å². The van der Waals surface area contributed by atoms with Crippen LogP contribution in [-0.2, 0) is 11.0 Å². The Morgan fingerprint density at radius 1 is 1.35 bits per heavy atom. The molecule has 1 rings (SSSR count). The van der Waals surface area contributed by atoms with Crippen LogP contribution in [-0.4, -0.2) is 14.8 Å². The van der Waals surface area contributed by atoms with Gasteiger partial charge in [-0.2, -0.15) is 0 Å². The molecule has 0 fully saturated rings. The van der Waals surface area contributed by atoms with Crippen LogP contribution in [0.25, 0.3) is 0 Å². The number of benzene rings is 1. The third-order valence-electron chi connectivity index (χ3n) is 2.77. The highest BCUT2D eigenvalue weighted by molar-refractivity contribution is 7.84. The van der Waals surface area contributed by atoms with Crippen molar-refractivity contribution in [3.8, 4) is 0 Å². The standard InChI is InChI=1S/C14H20ClF2NOS/c1-14(2,3)20(19)18-13(5-4-8-15)11-9-10(16)6-7-12(11)17/h6-7,9,13,18H,4-5,8H2,1-3H3/t13?,20-/m0/s1. The summed E-state index contributed by atoms with van der Waals surface area (Å²) in [6.45, 7) is 5.45. The minimum Gasteiger partial charge on any atom is -0.242 e. The van der Waals surface area contributed by atoms with Gasteiger partial charge in [0.25, 0.3) is 0 Å². The molecule has 0 saturated heterocycles. The fourth-order valence-corrected chi connectivity index (χ4v) is 2.66. The molecule has 0 spiro atoms. The van der Waals surface area contributed by atoms with Crippen LogP contribution in [0.15, 0.2) is 18.2 Å². The van der Waals surface area contributed by atoms with Crippen LogP contribution in [0.4, 0.5) is 8.78 Å². The highest BCUT2D eigenvalue weighted by Crippen LogP contribution is 2.25. The molecule has 0 aliphatic heterocycles. The number of hydrogen-bond donors (Lipinski definition) is 1. The molecular weight excluding hydrogens is 304 g/mol. The van der Waals surface area contributed by atoms with E-state index < -0.39 is 33.4 Å². The lowest BCUT2D eigenvalue weighted by Crippen LogP contribution is -2.36. The van der Waals surface area contributed by atoms with E-state index in [1.165, 1.54) is 0 Å². The monoisotopic (exact) mass is 323 g/mol. The van der Waals surface area contributed by atoms with Gasteiger partial charge in [0.15, 0.2) is 0 Å². The predicted octanol–water partition coefficient (Wildman–Crippen LogP) is 4.08. The normalized spacial score (nSPS) is 15.1. The lowest BCUT2D eigenvalue weighted by atomic mass is 10.0. The van der Waals surface area contributed by atoms with Crippen LogP contribution in [0.2, 0.25) is 0 Å². The molecule has 1 unspecified atom stereocenters. The largest absolute Gasteiger partial charge is 0.242 e. The summed E-state index contributed by atoms with van der Waals surface area (Å²) in [6, 6.07) is 2.77. The maximum absolute atomic E-state index is 13.9. The van der Waals surface area contributed by atoms with Crippen LogP contribution in [0, 0.1) is 11.6 Å². The van der Waals surface area contributed by atoms with Crippen molar-refractivity contribution in [2.75, 3.05) is 5.88 Å². The van der Waals surface area contributed by atoms with Crippen molar-refractivity contribution < 1.29 is 13.0 Å². The fraction of sp³-hybridized carbons (Fsp3) is 0.571. The molecular formula is C14H20ClF2NOS. The first-order chi connectivity index (χ1) is 9.25.